The van der Waals surface area contributed by atoms with Gasteiger partial charge < -0.3 is 21.3 Å². The van der Waals surface area contributed by atoms with Crippen molar-refractivity contribution in [2.45, 2.75) is 0 Å². The molecule has 8 nitrogen and oxygen atoms in total. The number of nitrogens with zero attached hydrogens (tertiary/aromatic N) is 6. The molecule has 3 heterocycles. The molecule has 4 rings (SSSR count). The molecule has 8 heteroatoms. The molecule has 0 unspecified atom stereocenters. The number of rotatable bonds is 3. The standard InChI is InChI=1S/C18H20N8/c19-17-16(12-21-18(20)24-17)26-8-6-25(7-9-26)15-3-1-2-13(10-15)14-4-5-22-23-11-14/h1-5,10-12H,6-9H2,(H4,19,20,21,24). The summed E-state index contributed by atoms with van der Waals surface area (Å²) in [7, 11) is 0. The molecule has 0 bridgehead atoms. The number of aromatic nitrogens is 4. The van der Waals surface area contributed by atoms with Crippen molar-refractivity contribution >= 4 is 23.1 Å². The Labute approximate surface area is 151 Å². The van der Waals surface area contributed by atoms with Gasteiger partial charge in [-0.25, -0.2) is 4.98 Å². The molecule has 0 radical (unpaired) electrons. The first-order valence-electron chi connectivity index (χ1n) is 8.46. The van der Waals surface area contributed by atoms with Gasteiger partial charge in [0.1, 0.15) is 0 Å². The van der Waals surface area contributed by atoms with Crippen LogP contribution in [0.5, 0.6) is 0 Å². The van der Waals surface area contributed by atoms with Crippen LogP contribution < -0.4 is 21.3 Å². The summed E-state index contributed by atoms with van der Waals surface area (Å²) in [6, 6.07) is 10.4. The van der Waals surface area contributed by atoms with Crippen molar-refractivity contribution in [3.05, 3.63) is 48.9 Å². The van der Waals surface area contributed by atoms with E-state index in [2.05, 4.69) is 54.2 Å². The molecule has 3 aromatic rings. The summed E-state index contributed by atoms with van der Waals surface area (Å²) >= 11 is 0. The van der Waals surface area contributed by atoms with E-state index in [9.17, 15) is 0 Å². The van der Waals surface area contributed by atoms with E-state index in [0.717, 1.165) is 43.0 Å². The molecule has 1 fully saturated rings. The van der Waals surface area contributed by atoms with Gasteiger partial charge in [0.2, 0.25) is 5.95 Å². The maximum absolute atomic E-state index is 5.98. The molecule has 1 saturated heterocycles. The van der Waals surface area contributed by atoms with Crippen molar-refractivity contribution in [2.75, 3.05) is 47.4 Å². The third-order valence-electron chi connectivity index (χ3n) is 4.57. The molecule has 0 spiro atoms. The first kappa shape index (κ1) is 16.1. The van der Waals surface area contributed by atoms with Crippen LogP contribution in [0.4, 0.5) is 23.1 Å². The third-order valence-corrected chi connectivity index (χ3v) is 4.57. The normalized spacial score (nSPS) is 14.5. The minimum Gasteiger partial charge on any atom is -0.382 e. The van der Waals surface area contributed by atoms with E-state index in [1.807, 2.05) is 6.07 Å². The van der Waals surface area contributed by atoms with Crippen molar-refractivity contribution < 1.29 is 0 Å². The Bertz CT molecular complexity index is 891. The summed E-state index contributed by atoms with van der Waals surface area (Å²) in [4.78, 5) is 12.7. The lowest BCUT2D eigenvalue weighted by Gasteiger charge is -2.37. The SMILES string of the molecule is Nc1ncc(N2CCN(c3cccc(-c4ccnnc4)c3)CC2)c(N)n1. The molecule has 4 N–H and O–H groups in total. The monoisotopic (exact) mass is 348 g/mol. The van der Waals surface area contributed by atoms with Crippen LogP contribution in [-0.4, -0.2) is 46.3 Å². The van der Waals surface area contributed by atoms with Crippen LogP contribution in [0.15, 0.2) is 48.9 Å². The molecule has 26 heavy (non-hydrogen) atoms. The van der Waals surface area contributed by atoms with Gasteiger partial charge in [0, 0.05) is 37.4 Å². The molecule has 1 aliphatic rings. The Morgan fingerprint density at radius 3 is 2.38 bits per heavy atom. The lowest BCUT2D eigenvalue weighted by Crippen LogP contribution is -2.46. The smallest absolute Gasteiger partial charge is 0.222 e. The number of hydrogen-bond acceptors (Lipinski definition) is 8. The fourth-order valence-corrected chi connectivity index (χ4v) is 3.20. The summed E-state index contributed by atoms with van der Waals surface area (Å²) in [5, 5.41) is 7.80. The second-order valence-electron chi connectivity index (χ2n) is 6.15. The van der Waals surface area contributed by atoms with Gasteiger partial charge >= 0.3 is 0 Å². The zero-order chi connectivity index (χ0) is 17.9. The molecular weight excluding hydrogens is 328 g/mol. The molecule has 0 atom stereocenters. The molecule has 1 aromatic carbocycles. The van der Waals surface area contributed by atoms with Gasteiger partial charge in [0.05, 0.1) is 24.3 Å². The second-order valence-corrected chi connectivity index (χ2v) is 6.15. The van der Waals surface area contributed by atoms with Crippen LogP contribution in [-0.2, 0) is 0 Å². The van der Waals surface area contributed by atoms with Gasteiger partial charge in [0.15, 0.2) is 5.82 Å². The van der Waals surface area contributed by atoms with Gasteiger partial charge in [-0.05, 0) is 23.8 Å². The molecular formula is C18H20N8. The fourth-order valence-electron chi connectivity index (χ4n) is 3.20. The van der Waals surface area contributed by atoms with E-state index in [1.165, 1.54) is 5.69 Å². The minimum absolute atomic E-state index is 0.201. The highest BCUT2D eigenvalue weighted by Gasteiger charge is 2.20. The first-order chi connectivity index (χ1) is 12.7. The van der Waals surface area contributed by atoms with E-state index >= 15 is 0 Å². The van der Waals surface area contributed by atoms with Gasteiger partial charge in [-0.1, -0.05) is 12.1 Å². The molecule has 0 amide bonds. The van der Waals surface area contributed by atoms with Gasteiger partial charge in [-0.15, -0.1) is 0 Å². The summed E-state index contributed by atoms with van der Waals surface area (Å²) in [5.74, 6) is 0.630. The predicted octanol–water partition coefficient (Wildman–Crippen LogP) is 1.42. The van der Waals surface area contributed by atoms with Crippen LogP contribution in [0.1, 0.15) is 0 Å². The van der Waals surface area contributed by atoms with E-state index in [4.69, 9.17) is 11.5 Å². The Morgan fingerprint density at radius 2 is 1.65 bits per heavy atom. The van der Waals surface area contributed by atoms with Crippen LogP contribution in [0.3, 0.4) is 0 Å². The average molecular weight is 348 g/mol. The molecule has 2 aromatic heterocycles. The first-order valence-corrected chi connectivity index (χ1v) is 8.46. The predicted molar refractivity (Wildman–Crippen MR) is 103 cm³/mol. The number of hydrogen-bond donors (Lipinski definition) is 2. The maximum Gasteiger partial charge on any atom is 0.222 e. The lowest BCUT2D eigenvalue weighted by molar-refractivity contribution is 0.652. The van der Waals surface area contributed by atoms with Gasteiger partial charge in [-0.3, -0.25) is 0 Å². The van der Waals surface area contributed by atoms with Gasteiger partial charge in [0.25, 0.3) is 0 Å². The van der Waals surface area contributed by atoms with Crippen molar-refractivity contribution in [3.63, 3.8) is 0 Å². The Morgan fingerprint density at radius 1 is 0.846 bits per heavy atom. The molecule has 1 aliphatic heterocycles. The van der Waals surface area contributed by atoms with Crippen molar-refractivity contribution in [1.82, 2.24) is 20.2 Å². The van der Waals surface area contributed by atoms with E-state index in [1.54, 1.807) is 18.6 Å². The third kappa shape index (κ3) is 3.21. The largest absolute Gasteiger partial charge is 0.382 e. The summed E-state index contributed by atoms with van der Waals surface area (Å²) in [5.41, 5.74) is 15.8. The fraction of sp³-hybridized carbons (Fsp3) is 0.222. The highest BCUT2D eigenvalue weighted by Crippen LogP contribution is 2.27. The van der Waals surface area contributed by atoms with Crippen molar-refractivity contribution in [3.8, 4) is 11.1 Å². The van der Waals surface area contributed by atoms with Crippen LogP contribution in [0.2, 0.25) is 0 Å². The maximum atomic E-state index is 5.98. The van der Waals surface area contributed by atoms with Crippen molar-refractivity contribution in [1.29, 1.82) is 0 Å². The summed E-state index contributed by atoms with van der Waals surface area (Å²) in [6.45, 7) is 3.47. The zero-order valence-corrected chi connectivity index (χ0v) is 14.3. The number of piperazine rings is 1. The van der Waals surface area contributed by atoms with Crippen LogP contribution >= 0.6 is 0 Å². The van der Waals surface area contributed by atoms with E-state index < -0.39 is 0 Å². The molecule has 0 aliphatic carbocycles. The summed E-state index contributed by atoms with van der Waals surface area (Å²) in [6.07, 6.45) is 5.19. The van der Waals surface area contributed by atoms with Crippen LogP contribution in [0, 0.1) is 0 Å². The zero-order valence-electron chi connectivity index (χ0n) is 14.3. The Hall–Kier alpha value is -3.42. The molecule has 132 valence electrons. The topological polar surface area (TPSA) is 110 Å². The number of nitrogens with two attached hydrogens (primary N) is 2. The number of benzene rings is 1. The highest BCUT2D eigenvalue weighted by atomic mass is 15.3. The van der Waals surface area contributed by atoms with E-state index in [0.29, 0.717) is 5.82 Å². The number of nitrogen functional groups attached to an aromatic ring is 2. The number of anilines is 4. The highest BCUT2D eigenvalue weighted by molar-refractivity contribution is 5.68. The quantitative estimate of drug-likeness (QED) is 0.731. The van der Waals surface area contributed by atoms with Gasteiger partial charge in [-0.2, -0.15) is 15.2 Å². The van der Waals surface area contributed by atoms with E-state index in [-0.39, 0.29) is 5.95 Å². The van der Waals surface area contributed by atoms with Crippen molar-refractivity contribution in [2.24, 2.45) is 0 Å². The molecule has 0 saturated carbocycles. The van der Waals surface area contributed by atoms with Crippen LogP contribution in [0.25, 0.3) is 11.1 Å². The second kappa shape index (κ2) is 6.83. The summed E-state index contributed by atoms with van der Waals surface area (Å²) < 4.78 is 0. The Kier molecular flexibility index (Phi) is 4.22. The average Bonchev–Trinajstić information content (AvgIpc) is 2.69. The minimum atomic E-state index is 0.201. The lowest BCUT2D eigenvalue weighted by atomic mass is 10.1. The Balaban J connectivity index is 1.48.